The minimum absolute atomic E-state index is 0.110. The van der Waals surface area contributed by atoms with Crippen LogP contribution in [-0.2, 0) is 4.79 Å². The zero-order chi connectivity index (χ0) is 19.7. The number of rotatable bonds is 1. The molecule has 0 spiro atoms. The van der Waals surface area contributed by atoms with Crippen molar-refractivity contribution in [2.24, 2.45) is 34.5 Å². The summed E-state index contributed by atoms with van der Waals surface area (Å²) in [6.45, 7) is 7.16. The second kappa shape index (κ2) is 6.11. The lowest BCUT2D eigenvalue weighted by Gasteiger charge is -2.59. The van der Waals surface area contributed by atoms with E-state index in [1.807, 2.05) is 12.3 Å². The Morgan fingerprint density at radius 2 is 1.96 bits per heavy atom. The van der Waals surface area contributed by atoms with Crippen LogP contribution in [0.3, 0.4) is 0 Å². The average molecular weight is 380 g/mol. The van der Waals surface area contributed by atoms with Gasteiger partial charge in [0.1, 0.15) is 5.82 Å². The number of ketones is 1. The van der Waals surface area contributed by atoms with Gasteiger partial charge in [0.2, 0.25) is 0 Å². The van der Waals surface area contributed by atoms with E-state index in [1.165, 1.54) is 30.2 Å². The molecule has 0 aliphatic heterocycles. The molecule has 1 aromatic rings. The lowest BCUT2D eigenvalue weighted by atomic mass is 9.45. The van der Waals surface area contributed by atoms with Crippen molar-refractivity contribution in [2.45, 2.75) is 59.3 Å². The summed E-state index contributed by atoms with van der Waals surface area (Å²) >= 11 is 0. The first kappa shape index (κ1) is 18.3. The van der Waals surface area contributed by atoms with Crippen LogP contribution in [0.25, 0.3) is 5.57 Å². The summed E-state index contributed by atoms with van der Waals surface area (Å²) in [6.07, 6.45) is 13.8. The number of allylic oxidation sites excluding steroid dienone is 4. The Morgan fingerprint density at radius 3 is 2.75 bits per heavy atom. The Bertz CT molecular complexity index is 902. The fourth-order valence-corrected chi connectivity index (χ4v) is 7.56. The zero-order valence-corrected chi connectivity index (χ0v) is 17.2. The van der Waals surface area contributed by atoms with Gasteiger partial charge in [0, 0.05) is 12.6 Å². The van der Waals surface area contributed by atoms with Gasteiger partial charge in [0.15, 0.2) is 5.78 Å². The number of carbonyl (C=O) groups excluding carboxylic acids is 1. The van der Waals surface area contributed by atoms with Crippen molar-refractivity contribution in [3.63, 3.8) is 0 Å². The standard InChI is InChI=1S/C25H30FNO/c1-15-10-19-21-5-4-20(16-11-17(26)14-27-13-16)24(21,2)9-7-22(19)25(3)8-6-18(28)12-23(15)25/h4,11-15,19,21-22H,5-10H2,1-3H3. The molecule has 0 aromatic carbocycles. The van der Waals surface area contributed by atoms with Crippen LogP contribution >= 0.6 is 0 Å². The van der Waals surface area contributed by atoms with Gasteiger partial charge in [-0.05, 0) is 89.9 Å². The minimum Gasteiger partial charge on any atom is -0.295 e. The first-order valence-corrected chi connectivity index (χ1v) is 10.9. The van der Waals surface area contributed by atoms with Crippen molar-refractivity contribution in [1.82, 2.24) is 4.98 Å². The Balaban J connectivity index is 1.50. The van der Waals surface area contributed by atoms with E-state index in [4.69, 9.17) is 0 Å². The summed E-state index contributed by atoms with van der Waals surface area (Å²) in [5.74, 6) is 2.51. The molecule has 4 aliphatic rings. The number of nitrogens with zero attached hydrogens (tertiary/aromatic N) is 1. The summed E-state index contributed by atoms with van der Waals surface area (Å²) in [6, 6.07) is 1.65. The Kier molecular flexibility index (Phi) is 3.99. The van der Waals surface area contributed by atoms with E-state index in [2.05, 4.69) is 31.8 Å². The molecule has 3 heteroatoms. The maximum atomic E-state index is 13.8. The van der Waals surface area contributed by atoms with Crippen LogP contribution in [0.4, 0.5) is 4.39 Å². The molecule has 0 amide bonds. The van der Waals surface area contributed by atoms with Crippen LogP contribution < -0.4 is 0 Å². The van der Waals surface area contributed by atoms with Gasteiger partial charge >= 0.3 is 0 Å². The van der Waals surface area contributed by atoms with Crippen LogP contribution in [0.2, 0.25) is 0 Å². The number of hydrogen-bond donors (Lipinski definition) is 0. The topological polar surface area (TPSA) is 30.0 Å². The fraction of sp³-hybridized carbons (Fsp3) is 0.600. The molecule has 0 radical (unpaired) electrons. The molecule has 6 atom stereocenters. The van der Waals surface area contributed by atoms with Crippen molar-refractivity contribution in [3.05, 3.63) is 47.6 Å². The third kappa shape index (κ3) is 2.44. The molecule has 1 heterocycles. The monoisotopic (exact) mass is 379 g/mol. The van der Waals surface area contributed by atoms with Crippen molar-refractivity contribution < 1.29 is 9.18 Å². The normalized spacial score (nSPS) is 42.2. The van der Waals surface area contributed by atoms with Gasteiger partial charge in [0.25, 0.3) is 0 Å². The second-order valence-corrected chi connectivity index (χ2v) is 10.2. The SMILES string of the molecule is CC1CC2C3CC=C(c4cncc(F)c4)C3(C)CCC2C2(C)CCC(=O)C=C12. The first-order valence-electron chi connectivity index (χ1n) is 10.9. The van der Waals surface area contributed by atoms with Crippen LogP contribution in [0.15, 0.2) is 36.2 Å². The largest absolute Gasteiger partial charge is 0.295 e. The highest BCUT2D eigenvalue weighted by molar-refractivity contribution is 5.91. The quantitative estimate of drug-likeness (QED) is 0.600. The summed E-state index contributed by atoms with van der Waals surface area (Å²) in [5, 5.41) is 0. The van der Waals surface area contributed by atoms with E-state index in [0.717, 1.165) is 24.8 Å². The van der Waals surface area contributed by atoms with E-state index in [0.29, 0.717) is 35.9 Å². The van der Waals surface area contributed by atoms with Gasteiger partial charge in [0.05, 0.1) is 6.20 Å². The molecule has 0 bridgehead atoms. The Morgan fingerprint density at radius 1 is 1.14 bits per heavy atom. The van der Waals surface area contributed by atoms with Gasteiger partial charge in [-0.1, -0.05) is 32.4 Å². The molecular formula is C25H30FNO. The third-order valence-electron chi connectivity index (χ3n) is 8.88. The van der Waals surface area contributed by atoms with Gasteiger partial charge in [-0.2, -0.15) is 0 Å². The summed E-state index contributed by atoms with van der Waals surface area (Å²) in [4.78, 5) is 16.2. The highest BCUT2D eigenvalue weighted by atomic mass is 19.1. The number of fused-ring (bicyclic) bond motifs is 5. The third-order valence-corrected chi connectivity index (χ3v) is 8.88. The number of hydrogen-bond acceptors (Lipinski definition) is 2. The number of halogens is 1. The van der Waals surface area contributed by atoms with Crippen molar-refractivity contribution in [1.29, 1.82) is 0 Å². The molecule has 6 unspecified atom stereocenters. The van der Waals surface area contributed by atoms with E-state index < -0.39 is 0 Å². The molecule has 28 heavy (non-hydrogen) atoms. The number of carbonyl (C=O) groups is 1. The Labute approximate surface area is 167 Å². The summed E-state index contributed by atoms with van der Waals surface area (Å²) < 4.78 is 13.8. The second-order valence-electron chi connectivity index (χ2n) is 10.2. The van der Waals surface area contributed by atoms with E-state index in [9.17, 15) is 9.18 Å². The van der Waals surface area contributed by atoms with E-state index >= 15 is 0 Å². The lowest BCUT2D eigenvalue weighted by Crippen LogP contribution is -2.51. The van der Waals surface area contributed by atoms with Crippen LogP contribution in [0.1, 0.15) is 64.9 Å². The molecule has 2 nitrogen and oxygen atoms in total. The fourth-order valence-electron chi connectivity index (χ4n) is 7.56. The van der Waals surface area contributed by atoms with Crippen LogP contribution in [0, 0.1) is 40.3 Å². The van der Waals surface area contributed by atoms with Gasteiger partial charge in [-0.3, -0.25) is 9.78 Å². The summed E-state index contributed by atoms with van der Waals surface area (Å²) in [5.41, 5.74) is 3.98. The van der Waals surface area contributed by atoms with E-state index in [1.54, 1.807) is 6.07 Å². The molecule has 1 aromatic heterocycles. The molecular weight excluding hydrogens is 349 g/mol. The molecule has 2 fully saturated rings. The number of aromatic nitrogens is 1. The van der Waals surface area contributed by atoms with Gasteiger partial charge in [-0.25, -0.2) is 4.39 Å². The molecule has 5 rings (SSSR count). The van der Waals surface area contributed by atoms with Crippen molar-refractivity contribution in [2.75, 3.05) is 0 Å². The van der Waals surface area contributed by atoms with Crippen LogP contribution in [0.5, 0.6) is 0 Å². The van der Waals surface area contributed by atoms with Crippen molar-refractivity contribution >= 4 is 11.4 Å². The first-order chi connectivity index (χ1) is 13.3. The van der Waals surface area contributed by atoms with Crippen LogP contribution in [-0.4, -0.2) is 10.8 Å². The molecule has 0 saturated heterocycles. The minimum atomic E-state index is -0.250. The maximum Gasteiger partial charge on any atom is 0.155 e. The van der Waals surface area contributed by atoms with Gasteiger partial charge < -0.3 is 0 Å². The maximum absolute atomic E-state index is 13.8. The molecule has 4 aliphatic carbocycles. The van der Waals surface area contributed by atoms with E-state index in [-0.39, 0.29) is 16.6 Å². The predicted molar refractivity (Wildman–Crippen MR) is 109 cm³/mol. The highest BCUT2D eigenvalue weighted by Crippen LogP contribution is 2.67. The molecule has 148 valence electrons. The smallest absolute Gasteiger partial charge is 0.155 e. The lowest BCUT2D eigenvalue weighted by molar-refractivity contribution is -0.117. The van der Waals surface area contributed by atoms with Gasteiger partial charge in [-0.15, -0.1) is 0 Å². The predicted octanol–water partition coefficient (Wildman–Crippen LogP) is 5.99. The average Bonchev–Trinajstić information content (AvgIpc) is 3.01. The zero-order valence-electron chi connectivity index (χ0n) is 17.2. The summed E-state index contributed by atoms with van der Waals surface area (Å²) in [7, 11) is 0. The molecule has 2 saturated carbocycles. The molecule has 0 N–H and O–H groups in total. The number of pyridine rings is 1. The Hall–Kier alpha value is -1.77. The van der Waals surface area contributed by atoms with Crippen molar-refractivity contribution in [3.8, 4) is 0 Å². The highest BCUT2D eigenvalue weighted by Gasteiger charge is 2.58.